The lowest BCUT2D eigenvalue weighted by Gasteiger charge is -2.13. The summed E-state index contributed by atoms with van der Waals surface area (Å²) in [5.74, 6) is 0.513. The fraction of sp³-hybridized carbons (Fsp3) is 0. The van der Waals surface area contributed by atoms with E-state index >= 15 is 0 Å². The van der Waals surface area contributed by atoms with Crippen LogP contribution in [-0.2, 0) is 0 Å². The summed E-state index contributed by atoms with van der Waals surface area (Å²) < 4.78 is 20.0. The minimum atomic E-state index is -0.360. The van der Waals surface area contributed by atoms with Gasteiger partial charge in [0.05, 0.1) is 5.56 Å². The van der Waals surface area contributed by atoms with Gasteiger partial charge in [-0.05, 0) is 86.3 Å². The predicted molar refractivity (Wildman–Crippen MR) is 143 cm³/mol. The molecule has 0 bridgehead atoms. The number of fused-ring (bicyclic) bond motifs is 2. The van der Waals surface area contributed by atoms with E-state index in [0.29, 0.717) is 11.3 Å². The van der Waals surface area contributed by atoms with Crippen LogP contribution >= 0.6 is 0 Å². The minimum Gasteiger partial charge on any atom is -0.457 e. The molecule has 0 amide bonds. The van der Waals surface area contributed by atoms with Crippen LogP contribution in [0.1, 0.15) is 16.7 Å². The van der Waals surface area contributed by atoms with Gasteiger partial charge in [0.25, 0.3) is 0 Å². The molecular formula is C32H23FO. The highest BCUT2D eigenvalue weighted by Crippen LogP contribution is 2.34. The molecule has 0 saturated carbocycles. The third-order valence-electron chi connectivity index (χ3n) is 6.06. The second-order valence-corrected chi connectivity index (χ2v) is 8.14. The first-order valence-corrected chi connectivity index (χ1v) is 11.0. The molecule has 0 atom stereocenters. The standard InChI is InChI=1S/C32H23FO/c1-4-22-9-8-10-24-13-14-26(19-30(22)24)31-20-27-18-28(16-15-25(27)17-23(31)5-2)34-21(3)29-11-6-7-12-32(29)33/h4-20H,1-3H2. The van der Waals surface area contributed by atoms with Crippen molar-refractivity contribution in [3.05, 3.63) is 133 Å². The molecule has 0 aliphatic heterocycles. The van der Waals surface area contributed by atoms with Crippen LogP contribution in [0.5, 0.6) is 5.75 Å². The highest BCUT2D eigenvalue weighted by molar-refractivity contribution is 5.97. The lowest BCUT2D eigenvalue weighted by molar-refractivity contribution is 0.508. The van der Waals surface area contributed by atoms with E-state index in [1.807, 2.05) is 36.4 Å². The fourth-order valence-electron chi connectivity index (χ4n) is 4.30. The molecule has 0 saturated heterocycles. The first-order chi connectivity index (χ1) is 16.6. The Balaban J connectivity index is 1.58. The number of rotatable bonds is 6. The molecule has 0 aliphatic carbocycles. The molecule has 2 heteroatoms. The van der Waals surface area contributed by atoms with Gasteiger partial charge in [0.15, 0.2) is 0 Å². The van der Waals surface area contributed by atoms with E-state index in [4.69, 9.17) is 4.74 Å². The van der Waals surface area contributed by atoms with E-state index in [2.05, 4.69) is 62.2 Å². The average molecular weight is 443 g/mol. The summed E-state index contributed by atoms with van der Waals surface area (Å²) in [6, 6.07) is 29.2. The molecule has 0 unspecified atom stereocenters. The van der Waals surface area contributed by atoms with Crippen molar-refractivity contribution in [2.24, 2.45) is 0 Å². The van der Waals surface area contributed by atoms with Crippen molar-refractivity contribution in [1.29, 1.82) is 0 Å². The Morgan fingerprint density at radius 2 is 1.50 bits per heavy atom. The van der Waals surface area contributed by atoms with E-state index in [9.17, 15) is 4.39 Å². The Hall–Kier alpha value is -4.43. The maximum Gasteiger partial charge on any atom is 0.134 e. The molecule has 34 heavy (non-hydrogen) atoms. The summed E-state index contributed by atoms with van der Waals surface area (Å²) in [6.07, 6.45) is 3.76. The molecule has 5 rings (SSSR count). The molecular weight excluding hydrogens is 419 g/mol. The zero-order chi connectivity index (χ0) is 23.7. The summed E-state index contributed by atoms with van der Waals surface area (Å²) in [7, 11) is 0. The average Bonchev–Trinajstić information content (AvgIpc) is 2.87. The molecule has 164 valence electrons. The first kappa shape index (κ1) is 21.4. The number of halogens is 1. The van der Waals surface area contributed by atoms with E-state index in [0.717, 1.165) is 38.4 Å². The Bertz CT molecular complexity index is 1590. The molecule has 0 heterocycles. The highest BCUT2D eigenvalue weighted by atomic mass is 19.1. The number of ether oxygens (including phenoxy) is 1. The van der Waals surface area contributed by atoms with Gasteiger partial charge in [-0.25, -0.2) is 4.39 Å². The van der Waals surface area contributed by atoms with E-state index in [1.165, 1.54) is 11.5 Å². The van der Waals surface area contributed by atoms with Crippen molar-refractivity contribution in [3.8, 4) is 16.9 Å². The van der Waals surface area contributed by atoms with Gasteiger partial charge >= 0.3 is 0 Å². The summed E-state index contributed by atoms with van der Waals surface area (Å²) in [5, 5.41) is 4.40. The lowest BCUT2D eigenvalue weighted by atomic mass is 9.93. The topological polar surface area (TPSA) is 9.23 Å². The largest absolute Gasteiger partial charge is 0.457 e. The van der Waals surface area contributed by atoms with Crippen molar-refractivity contribution in [3.63, 3.8) is 0 Å². The number of hydrogen-bond acceptors (Lipinski definition) is 1. The summed E-state index contributed by atoms with van der Waals surface area (Å²) in [4.78, 5) is 0. The smallest absolute Gasteiger partial charge is 0.134 e. The first-order valence-electron chi connectivity index (χ1n) is 11.0. The molecule has 5 aromatic rings. The maximum absolute atomic E-state index is 14.1. The third-order valence-corrected chi connectivity index (χ3v) is 6.06. The van der Waals surface area contributed by atoms with Crippen LogP contribution in [0.3, 0.4) is 0 Å². The maximum atomic E-state index is 14.1. The molecule has 0 aliphatic rings. The molecule has 0 aromatic heterocycles. The van der Waals surface area contributed by atoms with Gasteiger partial charge in [-0.3, -0.25) is 0 Å². The molecule has 0 radical (unpaired) electrons. The molecule has 5 aromatic carbocycles. The van der Waals surface area contributed by atoms with Gasteiger partial charge in [-0.1, -0.05) is 80.4 Å². The van der Waals surface area contributed by atoms with Crippen molar-refractivity contribution in [2.45, 2.75) is 0 Å². The predicted octanol–water partition coefficient (Wildman–Crippen LogP) is 9.13. The van der Waals surface area contributed by atoms with Gasteiger partial charge in [0, 0.05) is 0 Å². The van der Waals surface area contributed by atoms with Crippen LogP contribution in [0.25, 0.3) is 50.6 Å². The van der Waals surface area contributed by atoms with Crippen LogP contribution < -0.4 is 4.74 Å². The Kier molecular flexibility index (Phi) is 5.57. The van der Waals surface area contributed by atoms with Crippen molar-refractivity contribution < 1.29 is 9.13 Å². The van der Waals surface area contributed by atoms with E-state index < -0.39 is 0 Å². The monoisotopic (exact) mass is 442 g/mol. The van der Waals surface area contributed by atoms with Gasteiger partial charge in [0.1, 0.15) is 17.3 Å². The zero-order valence-corrected chi connectivity index (χ0v) is 18.7. The normalized spacial score (nSPS) is 10.9. The Morgan fingerprint density at radius 1 is 0.706 bits per heavy atom. The second kappa shape index (κ2) is 8.84. The number of hydrogen-bond donors (Lipinski definition) is 0. The van der Waals surface area contributed by atoms with E-state index in [1.54, 1.807) is 18.2 Å². The van der Waals surface area contributed by atoms with E-state index in [-0.39, 0.29) is 11.6 Å². The zero-order valence-electron chi connectivity index (χ0n) is 18.7. The van der Waals surface area contributed by atoms with Crippen LogP contribution in [0.15, 0.2) is 111 Å². The van der Waals surface area contributed by atoms with Crippen LogP contribution in [0.4, 0.5) is 4.39 Å². The third kappa shape index (κ3) is 3.91. The molecule has 0 spiro atoms. The van der Waals surface area contributed by atoms with Crippen LogP contribution in [0.2, 0.25) is 0 Å². The Labute approximate surface area is 198 Å². The molecule has 0 N–H and O–H groups in total. The molecule has 0 fully saturated rings. The highest BCUT2D eigenvalue weighted by Gasteiger charge is 2.11. The summed E-state index contributed by atoms with van der Waals surface area (Å²) in [5.41, 5.74) is 4.67. The van der Waals surface area contributed by atoms with Gasteiger partial charge in [-0.2, -0.15) is 0 Å². The minimum absolute atomic E-state index is 0.270. The van der Waals surface area contributed by atoms with Crippen molar-refractivity contribution >= 4 is 39.5 Å². The van der Waals surface area contributed by atoms with Gasteiger partial charge in [-0.15, -0.1) is 0 Å². The summed E-state index contributed by atoms with van der Waals surface area (Å²) in [6.45, 7) is 11.9. The fourth-order valence-corrected chi connectivity index (χ4v) is 4.30. The Morgan fingerprint density at radius 3 is 2.29 bits per heavy atom. The van der Waals surface area contributed by atoms with Crippen LogP contribution in [0, 0.1) is 5.82 Å². The molecule has 1 nitrogen and oxygen atoms in total. The van der Waals surface area contributed by atoms with Crippen molar-refractivity contribution in [2.75, 3.05) is 0 Å². The quantitative estimate of drug-likeness (QED) is 0.238. The number of benzene rings is 5. The SMILES string of the molecule is C=Cc1cc2ccc(OC(=C)c3ccccc3F)cc2cc1-c1ccc2cccc(C=C)c2c1. The second-order valence-electron chi connectivity index (χ2n) is 8.14. The van der Waals surface area contributed by atoms with Crippen LogP contribution in [-0.4, -0.2) is 0 Å². The van der Waals surface area contributed by atoms with Crippen molar-refractivity contribution in [1.82, 2.24) is 0 Å². The summed E-state index contributed by atoms with van der Waals surface area (Å²) >= 11 is 0. The van der Waals surface area contributed by atoms with Gasteiger partial charge < -0.3 is 4.74 Å². The van der Waals surface area contributed by atoms with Gasteiger partial charge in [0.2, 0.25) is 0 Å². The lowest BCUT2D eigenvalue weighted by Crippen LogP contribution is -1.96.